The molecular weight excluding hydrogens is 284 g/mol. The quantitative estimate of drug-likeness (QED) is 0.337. The third-order valence-corrected chi connectivity index (χ3v) is 4.12. The van der Waals surface area contributed by atoms with Gasteiger partial charge >= 0.3 is 11.9 Å². The molecule has 0 spiro atoms. The Bertz CT molecular complexity index is 668. The Hall–Kier alpha value is -1.81. The van der Waals surface area contributed by atoms with E-state index in [1.807, 2.05) is 13.8 Å². The second-order valence-corrected chi connectivity index (χ2v) is 6.11. The molecule has 1 heterocycles. The maximum Gasteiger partial charge on any atom is 0.346 e. The average Bonchev–Trinajstić information content (AvgIpc) is 2.66. The van der Waals surface area contributed by atoms with E-state index >= 15 is 0 Å². The first-order chi connectivity index (χ1) is 9.81. The maximum absolute atomic E-state index is 11.8. The molecule has 1 aliphatic heterocycles. The Labute approximate surface area is 130 Å². The van der Waals surface area contributed by atoms with Crippen LogP contribution in [0.1, 0.15) is 40.5 Å². The molecule has 0 radical (unpaired) electrons. The molecular formula is C17H18O3S. The summed E-state index contributed by atoms with van der Waals surface area (Å²) in [5, 5.41) is 0. The normalized spacial score (nSPS) is 21.1. The zero-order chi connectivity index (χ0) is 15.7. The van der Waals surface area contributed by atoms with Crippen LogP contribution in [0.25, 0.3) is 0 Å². The van der Waals surface area contributed by atoms with Gasteiger partial charge in [-0.1, -0.05) is 35.5 Å². The number of hydrogen-bond donors (Lipinski definition) is 0. The monoisotopic (exact) mass is 302 g/mol. The van der Waals surface area contributed by atoms with Crippen LogP contribution in [-0.4, -0.2) is 16.8 Å². The molecule has 0 aromatic carbocycles. The Morgan fingerprint density at radius 3 is 2.57 bits per heavy atom. The number of ether oxygens (including phenoxy) is 1. The van der Waals surface area contributed by atoms with Gasteiger partial charge in [-0.3, -0.25) is 0 Å². The number of hydrogen-bond acceptors (Lipinski definition) is 4. The fraction of sp³-hybridized carbons (Fsp3) is 0.353. The highest BCUT2D eigenvalue weighted by Crippen LogP contribution is 2.29. The van der Waals surface area contributed by atoms with Gasteiger partial charge in [0.05, 0.1) is 11.1 Å². The molecule has 1 aliphatic carbocycles. The van der Waals surface area contributed by atoms with Crippen LogP contribution in [0, 0.1) is 0 Å². The van der Waals surface area contributed by atoms with Crippen LogP contribution in [0.2, 0.25) is 0 Å². The van der Waals surface area contributed by atoms with E-state index in [9.17, 15) is 9.59 Å². The molecule has 0 aromatic rings. The van der Waals surface area contributed by atoms with Gasteiger partial charge in [0.2, 0.25) is 0 Å². The predicted molar refractivity (Wildman–Crippen MR) is 85.8 cm³/mol. The van der Waals surface area contributed by atoms with Crippen LogP contribution >= 0.6 is 12.2 Å². The first-order valence-corrected chi connectivity index (χ1v) is 7.26. The molecule has 0 N–H and O–H groups in total. The molecule has 1 saturated heterocycles. The van der Waals surface area contributed by atoms with Crippen LogP contribution in [0.4, 0.5) is 0 Å². The van der Waals surface area contributed by atoms with Gasteiger partial charge in [-0.05, 0) is 45.3 Å². The summed E-state index contributed by atoms with van der Waals surface area (Å²) in [6, 6.07) is 0. The highest BCUT2D eigenvalue weighted by molar-refractivity contribution is 7.80. The fourth-order valence-electron chi connectivity index (χ4n) is 2.51. The Morgan fingerprint density at radius 2 is 1.95 bits per heavy atom. The third kappa shape index (κ3) is 3.10. The van der Waals surface area contributed by atoms with Crippen LogP contribution in [0.15, 0.2) is 45.6 Å². The minimum atomic E-state index is -0.562. The molecule has 21 heavy (non-hydrogen) atoms. The van der Waals surface area contributed by atoms with Gasteiger partial charge in [0, 0.05) is 11.3 Å². The average molecular weight is 302 g/mol. The second kappa shape index (κ2) is 5.90. The van der Waals surface area contributed by atoms with Crippen LogP contribution in [0.5, 0.6) is 0 Å². The first kappa shape index (κ1) is 15.6. The molecule has 4 heteroatoms. The standard InChI is InChI=1S/C17H18O3S/c1-9(2)15-13(16(18)20-17(15)19)6-5-12-7-10(3)8-14(21)11(12)4/h6-7H,5,8H2,1-4H3. The van der Waals surface area contributed by atoms with E-state index in [4.69, 9.17) is 17.0 Å². The summed E-state index contributed by atoms with van der Waals surface area (Å²) in [6.07, 6.45) is 5.26. The summed E-state index contributed by atoms with van der Waals surface area (Å²) in [6.45, 7) is 7.64. The molecule has 0 saturated carbocycles. The SMILES string of the molecule is CC1=CC(CC=C2C(=O)OC(=O)C2=C(C)C)=C(C)C(=S)C1. The van der Waals surface area contributed by atoms with Crippen LogP contribution in [0.3, 0.4) is 0 Å². The van der Waals surface area contributed by atoms with E-state index in [1.165, 1.54) is 5.57 Å². The first-order valence-electron chi connectivity index (χ1n) is 6.86. The lowest BCUT2D eigenvalue weighted by molar-refractivity contribution is -0.149. The third-order valence-electron chi connectivity index (χ3n) is 3.66. The van der Waals surface area contributed by atoms with Gasteiger partial charge in [0.15, 0.2) is 0 Å². The van der Waals surface area contributed by atoms with Crippen molar-refractivity contribution >= 4 is 29.0 Å². The van der Waals surface area contributed by atoms with Crippen molar-refractivity contribution in [1.82, 2.24) is 0 Å². The highest BCUT2D eigenvalue weighted by Gasteiger charge is 2.33. The van der Waals surface area contributed by atoms with E-state index in [2.05, 4.69) is 6.08 Å². The van der Waals surface area contributed by atoms with Gasteiger partial charge < -0.3 is 4.74 Å². The summed E-state index contributed by atoms with van der Waals surface area (Å²) in [7, 11) is 0. The number of rotatable bonds is 2. The van der Waals surface area contributed by atoms with Crippen molar-refractivity contribution in [3.8, 4) is 0 Å². The topological polar surface area (TPSA) is 43.4 Å². The van der Waals surface area contributed by atoms with Gasteiger partial charge in [0.25, 0.3) is 0 Å². The number of esters is 2. The van der Waals surface area contributed by atoms with E-state index in [1.54, 1.807) is 19.9 Å². The van der Waals surface area contributed by atoms with Gasteiger partial charge in [0.1, 0.15) is 0 Å². The van der Waals surface area contributed by atoms with Crippen molar-refractivity contribution in [2.24, 2.45) is 0 Å². The lowest BCUT2D eigenvalue weighted by Gasteiger charge is -2.16. The zero-order valence-corrected chi connectivity index (χ0v) is 13.5. The lowest BCUT2D eigenvalue weighted by atomic mass is 9.91. The number of carbonyl (C=O) groups is 2. The molecule has 2 aliphatic rings. The van der Waals surface area contributed by atoms with E-state index in [-0.39, 0.29) is 0 Å². The van der Waals surface area contributed by atoms with Gasteiger partial charge in [-0.25, -0.2) is 9.59 Å². The minimum Gasteiger partial charge on any atom is -0.386 e. The second-order valence-electron chi connectivity index (χ2n) is 5.61. The largest absolute Gasteiger partial charge is 0.386 e. The van der Waals surface area contributed by atoms with Crippen LogP contribution in [-0.2, 0) is 14.3 Å². The van der Waals surface area contributed by atoms with Gasteiger partial charge in [-0.15, -0.1) is 0 Å². The summed E-state index contributed by atoms with van der Waals surface area (Å²) in [4.78, 5) is 24.4. The summed E-state index contributed by atoms with van der Waals surface area (Å²) < 4.78 is 4.70. The molecule has 110 valence electrons. The molecule has 0 unspecified atom stereocenters. The summed E-state index contributed by atoms with van der Waals surface area (Å²) in [5.41, 5.74) is 4.93. The van der Waals surface area contributed by atoms with Crippen molar-refractivity contribution in [2.75, 3.05) is 0 Å². The van der Waals surface area contributed by atoms with E-state index in [0.29, 0.717) is 17.6 Å². The number of cyclic esters (lactones) is 2. The number of allylic oxidation sites excluding steroid dienone is 6. The van der Waals surface area contributed by atoms with E-state index < -0.39 is 11.9 Å². The van der Waals surface area contributed by atoms with E-state index in [0.717, 1.165) is 28.0 Å². The lowest BCUT2D eigenvalue weighted by Crippen LogP contribution is -2.06. The highest BCUT2D eigenvalue weighted by atomic mass is 32.1. The van der Waals surface area contributed by atoms with Crippen molar-refractivity contribution in [2.45, 2.75) is 40.5 Å². The molecule has 2 rings (SSSR count). The molecule has 1 fully saturated rings. The smallest absolute Gasteiger partial charge is 0.346 e. The maximum atomic E-state index is 11.8. The fourth-order valence-corrected chi connectivity index (χ4v) is 2.87. The molecule has 0 amide bonds. The van der Waals surface area contributed by atoms with Crippen molar-refractivity contribution in [3.05, 3.63) is 45.6 Å². The Kier molecular flexibility index (Phi) is 4.37. The molecule has 3 nitrogen and oxygen atoms in total. The molecule has 0 atom stereocenters. The van der Waals surface area contributed by atoms with Gasteiger partial charge in [-0.2, -0.15) is 0 Å². The number of thiocarbonyl (C=S) groups is 1. The predicted octanol–water partition coefficient (Wildman–Crippen LogP) is 3.76. The number of carbonyl (C=O) groups excluding carboxylic acids is 2. The van der Waals surface area contributed by atoms with Crippen LogP contribution < -0.4 is 0 Å². The zero-order valence-electron chi connectivity index (χ0n) is 12.7. The molecule has 0 aromatic heterocycles. The Balaban J connectivity index is 2.35. The van der Waals surface area contributed by atoms with Crippen molar-refractivity contribution in [1.29, 1.82) is 0 Å². The van der Waals surface area contributed by atoms with Crippen molar-refractivity contribution < 1.29 is 14.3 Å². The van der Waals surface area contributed by atoms with Crippen molar-refractivity contribution in [3.63, 3.8) is 0 Å². The molecule has 0 bridgehead atoms. The minimum absolute atomic E-state index is 0.364. The summed E-state index contributed by atoms with van der Waals surface area (Å²) in [5.74, 6) is -1.11. The summed E-state index contributed by atoms with van der Waals surface area (Å²) >= 11 is 5.36. The Morgan fingerprint density at radius 1 is 1.29 bits per heavy atom.